The number of carbonyl (C=O) groups is 1. The molecule has 0 aliphatic heterocycles. The van der Waals surface area contributed by atoms with Crippen LogP contribution in [0.4, 0.5) is 10.5 Å². The summed E-state index contributed by atoms with van der Waals surface area (Å²) in [6.45, 7) is 1.92. The summed E-state index contributed by atoms with van der Waals surface area (Å²) in [5.41, 5.74) is 1.68. The van der Waals surface area contributed by atoms with Crippen LogP contribution in [0.25, 0.3) is 0 Å². The molecule has 1 aromatic rings. The van der Waals surface area contributed by atoms with Crippen molar-refractivity contribution in [2.24, 2.45) is 0 Å². The molecular formula is C14H18ClNO2. The van der Waals surface area contributed by atoms with Gasteiger partial charge in [-0.1, -0.05) is 24.1 Å². The summed E-state index contributed by atoms with van der Waals surface area (Å²) in [4.78, 5) is 11.8. The number of aryl methyl sites for hydroxylation is 1. The maximum Gasteiger partial charge on any atom is 0.411 e. The Bertz CT molecular complexity index is 428. The lowest BCUT2D eigenvalue weighted by Crippen LogP contribution is -2.24. The van der Waals surface area contributed by atoms with Gasteiger partial charge in [0.2, 0.25) is 0 Å². The summed E-state index contributed by atoms with van der Waals surface area (Å²) >= 11 is 5.90. The second-order valence-corrected chi connectivity index (χ2v) is 5.19. The van der Waals surface area contributed by atoms with Crippen LogP contribution in [0.3, 0.4) is 0 Å². The highest BCUT2D eigenvalue weighted by Crippen LogP contribution is 2.23. The fourth-order valence-corrected chi connectivity index (χ4v) is 2.37. The molecule has 18 heavy (non-hydrogen) atoms. The molecule has 0 atom stereocenters. The molecule has 1 amide bonds. The number of rotatable bonds is 2. The van der Waals surface area contributed by atoms with Gasteiger partial charge in [-0.05, 0) is 50.3 Å². The molecule has 3 nitrogen and oxygen atoms in total. The van der Waals surface area contributed by atoms with Gasteiger partial charge in [0.1, 0.15) is 6.10 Å². The zero-order valence-corrected chi connectivity index (χ0v) is 11.3. The minimum absolute atomic E-state index is 0.0678. The average molecular weight is 268 g/mol. The fraction of sp³-hybridized carbons (Fsp3) is 0.500. The average Bonchev–Trinajstić information content (AvgIpc) is 2.35. The van der Waals surface area contributed by atoms with Gasteiger partial charge in [0.15, 0.2) is 0 Å². The molecule has 1 aliphatic rings. The summed E-state index contributed by atoms with van der Waals surface area (Å²) in [5.74, 6) is 0. The van der Waals surface area contributed by atoms with Crippen molar-refractivity contribution in [3.63, 3.8) is 0 Å². The summed E-state index contributed by atoms with van der Waals surface area (Å²) in [7, 11) is 0. The predicted molar refractivity (Wildman–Crippen MR) is 73.2 cm³/mol. The van der Waals surface area contributed by atoms with Crippen LogP contribution in [0.2, 0.25) is 5.02 Å². The minimum atomic E-state index is -0.382. The van der Waals surface area contributed by atoms with Crippen LogP contribution in [-0.2, 0) is 4.74 Å². The van der Waals surface area contributed by atoms with Crippen LogP contribution in [0.5, 0.6) is 0 Å². The van der Waals surface area contributed by atoms with Crippen LogP contribution in [0.1, 0.15) is 37.7 Å². The molecule has 1 fully saturated rings. The van der Waals surface area contributed by atoms with Crippen molar-refractivity contribution >= 4 is 23.4 Å². The molecule has 1 N–H and O–H groups in total. The third-order valence-corrected chi connectivity index (χ3v) is 3.50. The first kappa shape index (κ1) is 13.2. The lowest BCUT2D eigenvalue weighted by molar-refractivity contribution is 0.0865. The number of nitrogens with one attached hydrogen (secondary N) is 1. The monoisotopic (exact) mass is 267 g/mol. The lowest BCUT2D eigenvalue weighted by Gasteiger charge is -2.22. The number of halogens is 1. The van der Waals surface area contributed by atoms with Crippen molar-refractivity contribution in [2.45, 2.75) is 45.1 Å². The highest BCUT2D eigenvalue weighted by Gasteiger charge is 2.17. The van der Waals surface area contributed by atoms with Gasteiger partial charge in [-0.3, -0.25) is 5.32 Å². The maximum absolute atomic E-state index is 11.8. The molecule has 0 spiro atoms. The minimum Gasteiger partial charge on any atom is -0.446 e. The lowest BCUT2D eigenvalue weighted by atomic mass is 9.98. The molecule has 0 unspecified atom stereocenters. The highest BCUT2D eigenvalue weighted by molar-refractivity contribution is 6.30. The van der Waals surface area contributed by atoms with Gasteiger partial charge in [0.05, 0.1) is 0 Å². The van der Waals surface area contributed by atoms with Crippen molar-refractivity contribution in [1.82, 2.24) is 0 Å². The van der Waals surface area contributed by atoms with E-state index in [4.69, 9.17) is 16.3 Å². The van der Waals surface area contributed by atoms with E-state index < -0.39 is 0 Å². The van der Waals surface area contributed by atoms with E-state index in [0.717, 1.165) is 31.2 Å². The first-order valence-corrected chi connectivity index (χ1v) is 6.77. The summed E-state index contributed by atoms with van der Waals surface area (Å²) in [6, 6.07) is 5.41. The summed E-state index contributed by atoms with van der Waals surface area (Å²) in [5, 5.41) is 3.36. The zero-order valence-electron chi connectivity index (χ0n) is 10.5. The number of ether oxygens (including phenoxy) is 1. The largest absolute Gasteiger partial charge is 0.446 e. The molecule has 0 saturated heterocycles. The van der Waals surface area contributed by atoms with E-state index in [1.165, 1.54) is 6.42 Å². The van der Waals surface area contributed by atoms with Gasteiger partial charge in [0, 0.05) is 10.7 Å². The third kappa shape index (κ3) is 3.64. The van der Waals surface area contributed by atoms with E-state index in [1.807, 2.05) is 13.0 Å². The van der Waals surface area contributed by atoms with Crippen LogP contribution in [0, 0.1) is 6.92 Å². The Labute approximate surface area is 112 Å². The third-order valence-electron chi connectivity index (χ3n) is 3.26. The first-order valence-electron chi connectivity index (χ1n) is 6.39. The molecule has 0 heterocycles. The highest BCUT2D eigenvalue weighted by atomic mass is 35.5. The molecule has 0 aromatic heterocycles. The molecule has 98 valence electrons. The summed E-state index contributed by atoms with van der Waals surface area (Å²) in [6.07, 6.45) is 5.17. The molecule has 1 aliphatic carbocycles. The van der Waals surface area contributed by atoms with Crippen molar-refractivity contribution in [3.8, 4) is 0 Å². The molecule has 1 saturated carbocycles. The number of anilines is 1. The van der Waals surface area contributed by atoms with Crippen molar-refractivity contribution < 1.29 is 9.53 Å². The first-order chi connectivity index (χ1) is 8.65. The number of benzene rings is 1. The number of hydrogen-bond donors (Lipinski definition) is 1. The molecule has 4 heteroatoms. The topological polar surface area (TPSA) is 38.3 Å². The van der Waals surface area contributed by atoms with E-state index >= 15 is 0 Å². The molecule has 2 rings (SSSR count). The molecule has 1 aromatic carbocycles. The van der Waals surface area contributed by atoms with Crippen LogP contribution >= 0.6 is 11.6 Å². The Morgan fingerprint density at radius 2 is 2.06 bits per heavy atom. The second kappa shape index (κ2) is 6.10. The number of hydrogen-bond acceptors (Lipinski definition) is 2. The van der Waals surface area contributed by atoms with Crippen LogP contribution in [0.15, 0.2) is 18.2 Å². The van der Waals surface area contributed by atoms with Gasteiger partial charge < -0.3 is 4.74 Å². The Morgan fingerprint density at radius 3 is 2.78 bits per heavy atom. The van der Waals surface area contributed by atoms with Gasteiger partial charge in [0.25, 0.3) is 0 Å². The SMILES string of the molecule is Cc1ccc(Cl)cc1NC(=O)OC1CCCCC1. The Balaban J connectivity index is 1.92. The Kier molecular flexibility index (Phi) is 4.48. The number of amides is 1. The summed E-state index contributed by atoms with van der Waals surface area (Å²) < 4.78 is 5.40. The smallest absolute Gasteiger partial charge is 0.411 e. The van der Waals surface area contributed by atoms with Crippen LogP contribution < -0.4 is 5.32 Å². The Morgan fingerprint density at radius 1 is 1.33 bits per heavy atom. The quantitative estimate of drug-likeness (QED) is 0.855. The van der Waals surface area contributed by atoms with Gasteiger partial charge in [-0.25, -0.2) is 4.79 Å². The second-order valence-electron chi connectivity index (χ2n) is 4.75. The predicted octanol–water partition coefficient (Wildman–Crippen LogP) is 4.53. The van der Waals surface area contributed by atoms with Gasteiger partial charge in [-0.2, -0.15) is 0 Å². The van der Waals surface area contributed by atoms with Gasteiger partial charge in [-0.15, -0.1) is 0 Å². The zero-order chi connectivity index (χ0) is 13.0. The Hall–Kier alpha value is -1.22. The molecular weight excluding hydrogens is 250 g/mol. The van der Waals surface area contributed by atoms with E-state index in [2.05, 4.69) is 5.32 Å². The van der Waals surface area contributed by atoms with Crippen molar-refractivity contribution in [2.75, 3.05) is 5.32 Å². The van der Waals surface area contributed by atoms with E-state index in [1.54, 1.807) is 12.1 Å². The molecule has 0 bridgehead atoms. The normalized spacial score (nSPS) is 16.3. The number of carbonyl (C=O) groups excluding carboxylic acids is 1. The van der Waals surface area contributed by atoms with E-state index in [0.29, 0.717) is 10.7 Å². The van der Waals surface area contributed by atoms with Crippen molar-refractivity contribution in [3.05, 3.63) is 28.8 Å². The fourth-order valence-electron chi connectivity index (χ4n) is 2.20. The maximum atomic E-state index is 11.8. The van der Waals surface area contributed by atoms with Crippen LogP contribution in [-0.4, -0.2) is 12.2 Å². The van der Waals surface area contributed by atoms with E-state index in [9.17, 15) is 4.79 Å². The molecule has 0 radical (unpaired) electrons. The van der Waals surface area contributed by atoms with Crippen molar-refractivity contribution in [1.29, 1.82) is 0 Å². The van der Waals surface area contributed by atoms with E-state index in [-0.39, 0.29) is 12.2 Å². The standard InChI is InChI=1S/C14H18ClNO2/c1-10-7-8-11(15)9-13(10)16-14(17)18-12-5-3-2-4-6-12/h7-9,12H,2-6H2,1H3,(H,16,17). The van der Waals surface area contributed by atoms with Gasteiger partial charge >= 0.3 is 6.09 Å².